The van der Waals surface area contributed by atoms with Gasteiger partial charge >= 0.3 is 0 Å². The second-order valence-electron chi connectivity index (χ2n) is 7.50. The Morgan fingerprint density at radius 1 is 1.09 bits per heavy atom. The van der Waals surface area contributed by atoms with Gasteiger partial charge in [0, 0.05) is 35.9 Å². The lowest BCUT2D eigenvalue weighted by Gasteiger charge is -2.14. The minimum Gasteiger partial charge on any atom is -0.463 e. The van der Waals surface area contributed by atoms with E-state index in [4.69, 9.17) is 16.0 Å². The minimum atomic E-state index is -0.347. The fourth-order valence-corrected chi connectivity index (χ4v) is 4.08. The molecular weight excluding hydrogens is 428 g/mol. The number of amides is 2. The molecule has 7 nitrogen and oxygen atoms in total. The molecule has 3 heterocycles. The number of aromatic nitrogens is 2. The molecule has 5 rings (SSSR count). The molecule has 2 aromatic carbocycles. The maximum atomic E-state index is 13.0. The number of furan rings is 1. The number of halogens is 1. The maximum Gasteiger partial charge on any atom is 0.276 e. The van der Waals surface area contributed by atoms with Crippen molar-refractivity contribution in [1.82, 2.24) is 9.78 Å². The Morgan fingerprint density at radius 3 is 2.72 bits per heavy atom. The van der Waals surface area contributed by atoms with Gasteiger partial charge in [-0.2, -0.15) is 5.10 Å². The quantitative estimate of drug-likeness (QED) is 0.481. The van der Waals surface area contributed by atoms with E-state index in [1.807, 2.05) is 24.3 Å². The summed E-state index contributed by atoms with van der Waals surface area (Å²) in [5, 5.41) is 7.98. The molecule has 0 bridgehead atoms. The van der Waals surface area contributed by atoms with Crippen molar-refractivity contribution in [3.05, 3.63) is 83.2 Å². The predicted molar refractivity (Wildman–Crippen MR) is 122 cm³/mol. The van der Waals surface area contributed by atoms with Gasteiger partial charge in [0.2, 0.25) is 5.91 Å². The van der Waals surface area contributed by atoms with Crippen LogP contribution >= 0.6 is 11.6 Å². The van der Waals surface area contributed by atoms with Crippen LogP contribution in [0.1, 0.15) is 23.0 Å². The topological polar surface area (TPSA) is 80.4 Å². The number of anilines is 2. The lowest BCUT2D eigenvalue weighted by Crippen LogP contribution is -2.25. The van der Waals surface area contributed by atoms with E-state index in [0.717, 1.165) is 17.7 Å². The smallest absolute Gasteiger partial charge is 0.276 e. The number of nitrogens with zero attached hydrogens (tertiary/aromatic N) is 3. The Kier molecular flexibility index (Phi) is 5.03. The number of hydrogen-bond donors (Lipinski definition) is 1. The normalized spacial score (nSPS) is 12.6. The molecule has 0 atom stereocenters. The molecule has 0 saturated heterocycles. The van der Waals surface area contributed by atoms with Crippen molar-refractivity contribution in [3.8, 4) is 17.1 Å². The molecule has 32 heavy (non-hydrogen) atoms. The van der Waals surface area contributed by atoms with E-state index in [1.54, 1.807) is 59.2 Å². The molecule has 1 aliphatic rings. The van der Waals surface area contributed by atoms with Crippen LogP contribution in [0.2, 0.25) is 5.02 Å². The van der Waals surface area contributed by atoms with Gasteiger partial charge in [-0.25, -0.2) is 4.68 Å². The van der Waals surface area contributed by atoms with Crippen LogP contribution in [0.4, 0.5) is 11.4 Å². The second kappa shape index (κ2) is 8.01. The van der Waals surface area contributed by atoms with Crippen LogP contribution < -0.4 is 10.2 Å². The zero-order valence-electron chi connectivity index (χ0n) is 17.2. The van der Waals surface area contributed by atoms with E-state index in [0.29, 0.717) is 34.4 Å². The van der Waals surface area contributed by atoms with Crippen LogP contribution in [-0.4, -0.2) is 28.1 Å². The number of nitrogens with one attached hydrogen (secondary N) is 1. The summed E-state index contributed by atoms with van der Waals surface area (Å²) in [5.41, 5.74) is 4.15. The molecule has 160 valence electrons. The van der Waals surface area contributed by atoms with Crippen LogP contribution in [0.5, 0.6) is 0 Å². The minimum absolute atomic E-state index is 0.0116. The SMILES string of the molecule is CC(=O)N1CCc2cc(NC(=O)c3cc(-c4ccco4)n(-c4cccc(Cl)c4)n3)ccc21. The highest BCUT2D eigenvalue weighted by molar-refractivity contribution is 6.30. The van der Waals surface area contributed by atoms with Crippen molar-refractivity contribution in [1.29, 1.82) is 0 Å². The van der Waals surface area contributed by atoms with Gasteiger partial charge < -0.3 is 14.6 Å². The van der Waals surface area contributed by atoms with Crippen LogP contribution in [-0.2, 0) is 11.2 Å². The Bertz CT molecular complexity index is 1330. The van der Waals surface area contributed by atoms with Gasteiger partial charge in [-0.15, -0.1) is 0 Å². The van der Waals surface area contributed by atoms with Crippen molar-refractivity contribution >= 4 is 34.8 Å². The van der Waals surface area contributed by atoms with Crippen molar-refractivity contribution in [2.45, 2.75) is 13.3 Å². The molecule has 2 amide bonds. The van der Waals surface area contributed by atoms with Gasteiger partial charge in [0.1, 0.15) is 5.69 Å². The number of carbonyl (C=O) groups is 2. The summed E-state index contributed by atoms with van der Waals surface area (Å²) in [5.74, 6) is 0.246. The summed E-state index contributed by atoms with van der Waals surface area (Å²) in [6.07, 6.45) is 2.32. The molecule has 1 N–H and O–H groups in total. The zero-order chi connectivity index (χ0) is 22.2. The molecule has 4 aromatic rings. The molecule has 1 aliphatic heterocycles. The van der Waals surface area contributed by atoms with E-state index in [2.05, 4.69) is 10.4 Å². The van der Waals surface area contributed by atoms with E-state index in [1.165, 1.54) is 0 Å². The summed E-state index contributed by atoms with van der Waals surface area (Å²) in [6, 6.07) is 18.0. The molecule has 0 aliphatic carbocycles. The average Bonchev–Trinajstić information content (AvgIpc) is 3.51. The van der Waals surface area contributed by atoms with Gasteiger partial charge in [-0.05, 0) is 60.5 Å². The second-order valence-corrected chi connectivity index (χ2v) is 7.94. The van der Waals surface area contributed by atoms with E-state index < -0.39 is 0 Å². The number of carbonyl (C=O) groups excluding carboxylic acids is 2. The zero-order valence-corrected chi connectivity index (χ0v) is 18.0. The molecule has 8 heteroatoms. The van der Waals surface area contributed by atoms with Gasteiger partial charge in [0.15, 0.2) is 11.5 Å². The number of rotatable bonds is 4. The standard InChI is InChI=1S/C24H19ClN4O3/c1-15(30)28-10-9-16-12-18(7-8-21(16)28)26-24(31)20-14-22(23-6-3-11-32-23)29(27-20)19-5-2-4-17(25)13-19/h2-8,11-14H,9-10H2,1H3,(H,26,31). The highest BCUT2D eigenvalue weighted by atomic mass is 35.5. The Morgan fingerprint density at radius 2 is 1.97 bits per heavy atom. The molecule has 0 saturated carbocycles. The first-order valence-electron chi connectivity index (χ1n) is 10.1. The van der Waals surface area contributed by atoms with Crippen LogP contribution in [0.25, 0.3) is 17.1 Å². The summed E-state index contributed by atoms with van der Waals surface area (Å²) in [6.45, 7) is 2.20. The van der Waals surface area contributed by atoms with Crippen molar-refractivity contribution in [3.63, 3.8) is 0 Å². The summed E-state index contributed by atoms with van der Waals surface area (Å²) < 4.78 is 7.18. The van der Waals surface area contributed by atoms with Gasteiger partial charge in [-0.1, -0.05) is 17.7 Å². The van der Waals surface area contributed by atoms with Crippen molar-refractivity contribution < 1.29 is 14.0 Å². The van der Waals surface area contributed by atoms with Gasteiger partial charge in [0.25, 0.3) is 5.91 Å². The largest absolute Gasteiger partial charge is 0.463 e. The maximum absolute atomic E-state index is 13.0. The average molecular weight is 447 g/mol. The van der Waals surface area contributed by atoms with Crippen LogP contribution in [0.15, 0.2) is 71.3 Å². The number of hydrogen-bond acceptors (Lipinski definition) is 4. The first-order chi connectivity index (χ1) is 15.5. The van der Waals surface area contributed by atoms with Gasteiger partial charge in [0.05, 0.1) is 12.0 Å². The van der Waals surface area contributed by atoms with E-state index in [-0.39, 0.29) is 17.5 Å². The van der Waals surface area contributed by atoms with Gasteiger partial charge in [-0.3, -0.25) is 9.59 Å². The number of fused-ring (bicyclic) bond motifs is 1. The highest BCUT2D eigenvalue weighted by Gasteiger charge is 2.23. The first kappa shape index (κ1) is 20.1. The third kappa shape index (κ3) is 3.67. The number of benzene rings is 2. The van der Waals surface area contributed by atoms with E-state index in [9.17, 15) is 9.59 Å². The lowest BCUT2D eigenvalue weighted by molar-refractivity contribution is -0.116. The van der Waals surface area contributed by atoms with Crippen LogP contribution in [0.3, 0.4) is 0 Å². The Labute approximate surface area is 189 Å². The lowest BCUT2D eigenvalue weighted by atomic mass is 10.1. The third-order valence-corrected chi connectivity index (χ3v) is 5.62. The van der Waals surface area contributed by atoms with Crippen molar-refractivity contribution in [2.75, 3.05) is 16.8 Å². The summed E-state index contributed by atoms with van der Waals surface area (Å²) in [7, 11) is 0. The highest BCUT2D eigenvalue weighted by Crippen LogP contribution is 2.31. The Hall–Kier alpha value is -3.84. The predicted octanol–water partition coefficient (Wildman–Crippen LogP) is 4.95. The fourth-order valence-electron chi connectivity index (χ4n) is 3.90. The molecule has 2 aromatic heterocycles. The van der Waals surface area contributed by atoms with Crippen LogP contribution in [0, 0.1) is 0 Å². The molecule has 0 unspecified atom stereocenters. The summed E-state index contributed by atoms with van der Waals surface area (Å²) >= 11 is 6.16. The van der Waals surface area contributed by atoms with Crippen molar-refractivity contribution in [2.24, 2.45) is 0 Å². The molecule has 0 radical (unpaired) electrons. The monoisotopic (exact) mass is 446 g/mol. The Balaban J connectivity index is 1.46. The summed E-state index contributed by atoms with van der Waals surface area (Å²) in [4.78, 5) is 26.5. The molecule has 0 fully saturated rings. The fraction of sp³-hybridized carbons (Fsp3) is 0.125. The molecule has 0 spiro atoms. The van der Waals surface area contributed by atoms with E-state index >= 15 is 0 Å². The molecular formula is C24H19ClN4O3. The first-order valence-corrected chi connectivity index (χ1v) is 10.5. The third-order valence-electron chi connectivity index (χ3n) is 5.38.